The van der Waals surface area contributed by atoms with Crippen molar-refractivity contribution in [2.24, 2.45) is 11.7 Å². The van der Waals surface area contributed by atoms with Crippen molar-refractivity contribution < 1.29 is 9.53 Å². The number of methoxy groups -OCH3 is 1. The molecule has 4 nitrogen and oxygen atoms in total. The zero-order valence-corrected chi connectivity index (χ0v) is 11.7. The Morgan fingerprint density at radius 3 is 2.67 bits per heavy atom. The van der Waals surface area contributed by atoms with E-state index in [9.17, 15) is 4.79 Å². The predicted octanol–water partition coefficient (Wildman–Crippen LogP) is 1.53. The largest absolute Gasteiger partial charge is 0.468 e. The summed E-state index contributed by atoms with van der Waals surface area (Å²) in [7, 11) is 1.49. The smallest absolute Gasteiger partial charge is 0.325 e. The lowest BCUT2D eigenvalue weighted by Gasteiger charge is -2.36. The molecule has 0 radical (unpaired) electrons. The molecule has 0 spiro atoms. The van der Waals surface area contributed by atoms with Crippen LogP contribution in [-0.2, 0) is 9.53 Å². The van der Waals surface area contributed by atoms with Crippen molar-refractivity contribution in [3.63, 3.8) is 0 Å². The van der Waals surface area contributed by atoms with E-state index in [2.05, 4.69) is 4.90 Å². The van der Waals surface area contributed by atoms with E-state index in [4.69, 9.17) is 10.5 Å². The van der Waals surface area contributed by atoms with E-state index in [0.717, 1.165) is 38.8 Å². The molecule has 2 rings (SSSR count). The van der Waals surface area contributed by atoms with Gasteiger partial charge in [-0.2, -0.15) is 0 Å². The number of carbonyl (C=O) groups is 1. The highest BCUT2D eigenvalue weighted by Gasteiger charge is 2.44. The van der Waals surface area contributed by atoms with Gasteiger partial charge in [0.25, 0.3) is 0 Å². The van der Waals surface area contributed by atoms with Crippen LogP contribution in [-0.4, -0.2) is 42.6 Å². The molecule has 104 valence electrons. The molecule has 1 unspecified atom stereocenters. The van der Waals surface area contributed by atoms with E-state index in [-0.39, 0.29) is 5.97 Å². The van der Waals surface area contributed by atoms with Gasteiger partial charge in [-0.3, -0.25) is 9.69 Å². The Morgan fingerprint density at radius 1 is 1.39 bits per heavy atom. The van der Waals surface area contributed by atoms with Crippen LogP contribution >= 0.6 is 0 Å². The van der Waals surface area contributed by atoms with Gasteiger partial charge in [0.1, 0.15) is 5.54 Å². The van der Waals surface area contributed by atoms with Crippen molar-refractivity contribution in [3.05, 3.63) is 0 Å². The minimum Gasteiger partial charge on any atom is -0.468 e. The lowest BCUT2D eigenvalue weighted by Crippen LogP contribution is -2.50. The average Bonchev–Trinajstić information content (AvgIpc) is 2.74. The molecule has 0 amide bonds. The van der Waals surface area contributed by atoms with Crippen LogP contribution in [0.2, 0.25) is 0 Å². The summed E-state index contributed by atoms with van der Waals surface area (Å²) in [5.74, 6) is 0.624. The lowest BCUT2D eigenvalue weighted by atomic mass is 9.85. The molecule has 1 saturated heterocycles. The molecule has 0 aromatic carbocycles. The lowest BCUT2D eigenvalue weighted by molar-refractivity contribution is -0.152. The number of hydrogen-bond donors (Lipinski definition) is 1. The number of nitrogens with two attached hydrogens (primary N) is 1. The Labute approximate surface area is 110 Å². The SMILES string of the molecule is COC(=O)C1(C)CCCN1CC1CCC(N)CC1. The van der Waals surface area contributed by atoms with Crippen LogP contribution in [0.15, 0.2) is 0 Å². The van der Waals surface area contributed by atoms with E-state index >= 15 is 0 Å². The fourth-order valence-electron chi connectivity index (χ4n) is 3.45. The molecule has 0 aromatic rings. The molecule has 4 heteroatoms. The van der Waals surface area contributed by atoms with Gasteiger partial charge >= 0.3 is 5.97 Å². The maximum atomic E-state index is 12.0. The quantitative estimate of drug-likeness (QED) is 0.776. The van der Waals surface area contributed by atoms with Crippen molar-refractivity contribution in [1.29, 1.82) is 0 Å². The molecular formula is C14H26N2O2. The van der Waals surface area contributed by atoms with Crippen molar-refractivity contribution >= 4 is 5.97 Å². The van der Waals surface area contributed by atoms with E-state index in [1.165, 1.54) is 20.0 Å². The van der Waals surface area contributed by atoms with E-state index in [1.807, 2.05) is 6.92 Å². The second-order valence-corrected chi connectivity index (χ2v) is 6.10. The molecule has 1 saturated carbocycles. The molecular weight excluding hydrogens is 228 g/mol. The summed E-state index contributed by atoms with van der Waals surface area (Å²) in [6.45, 7) is 4.08. The third-order valence-electron chi connectivity index (χ3n) is 4.78. The number of likely N-dealkylation sites (tertiary alicyclic amines) is 1. The van der Waals surface area contributed by atoms with Crippen molar-refractivity contribution in [1.82, 2.24) is 4.90 Å². The first-order chi connectivity index (χ1) is 8.56. The third kappa shape index (κ3) is 2.69. The summed E-state index contributed by atoms with van der Waals surface area (Å²) in [5.41, 5.74) is 5.55. The highest BCUT2D eigenvalue weighted by molar-refractivity contribution is 5.80. The van der Waals surface area contributed by atoms with E-state index in [1.54, 1.807) is 0 Å². The van der Waals surface area contributed by atoms with Crippen molar-refractivity contribution in [2.75, 3.05) is 20.2 Å². The standard InChI is InChI=1S/C14H26N2O2/c1-14(13(17)18-2)8-3-9-16(14)10-11-4-6-12(15)7-5-11/h11-12H,3-10,15H2,1-2H3. The Hall–Kier alpha value is -0.610. The summed E-state index contributed by atoms with van der Waals surface area (Å²) in [6, 6.07) is 0.395. The monoisotopic (exact) mass is 254 g/mol. The number of esters is 1. The molecule has 18 heavy (non-hydrogen) atoms. The van der Waals surface area contributed by atoms with Gasteiger partial charge in [0.2, 0.25) is 0 Å². The van der Waals surface area contributed by atoms with Gasteiger partial charge in [-0.25, -0.2) is 0 Å². The fraction of sp³-hybridized carbons (Fsp3) is 0.929. The predicted molar refractivity (Wildman–Crippen MR) is 71.2 cm³/mol. The van der Waals surface area contributed by atoms with Crippen LogP contribution in [0, 0.1) is 5.92 Å². The van der Waals surface area contributed by atoms with Crippen LogP contribution in [0.5, 0.6) is 0 Å². The third-order valence-corrected chi connectivity index (χ3v) is 4.78. The Kier molecular flexibility index (Phi) is 4.28. The highest BCUT2D eigenvalue weighted by Crippen LogP contribution is 2.33. The molecule has 2 N–H and O–H groups in total. The second kappa shape index (κ2) is 5.57. The van der Waals surface area contributed by atoms with Crippen LogP contribution < -0.4 is 5.73 Å². The van der Waals surface area contributed by atoms with E-state index in [0.29, 0.717) is 12.0 Å². The summed E-state index contributed by atoms with van der Waals surface area (Å²) >= 11 is 0. The van der Waals surface area contributed by atoms with Crippen LogP contribution in [0.1, 0.15) is 45.4 Å². The molecule has 1 atom stereocenters. The van der Waals surface area contributed by atoms with Gasteiger partial charge < -0.3 is 10.5 Å². The zero-order valence-electron chi connectivity index (χ0n) is 11.7. The van der Waals surface area contributed by atoms with Gasteiger partial charge in [-0.1, -0.05) is 0 Å². The summed E-state index contributed by atoms with van der Waals surface area (Å²) in [5, 5.41) is 0. The van der Waals surface area contributed by atoms with Gasteiger partial charge in [0, 0.05) is 12.6 Å². The summed E-state index contributed by atoms with van der Waals surface area (Å²) in [4.78, 5) is 14.3. The Balaban J connectivity index is 1.94. The highest BCUT2D eigenvalue weighted by atomic mass is 16.5. The topological polar surface area (TPSA) is 55.6 Å². The van der Waals surface area contributed by atoms with Gasteiger partial charge in [0.05, 0.1) is 7.11 Å². The summed E-state index contributed by atoms with van der Waals surface area (Å²) < 4.78 is 4.97. The minimum atomic E-state index is -0.395. The number of hydrogen-bond acceptors (Lipinski definition) is 4. The van der Waals surface area contributed by atoms with Crippen LogP contribution in [0.25, 0.3) is 0 Å². The maximum absolute atomic E-state index is 12.0. The average molecular weight is 254 g/mol. The molecule has 0 bridgehead atoms. The molecule has 1 aliphatic heterocycles. The van der Waals surface area contributed by atoms with Crippen LogP contribution in [0.4, 0.5) is 0 Å². The first-order valence-corrected chi connectivity index (χ1v) is 7.15. The molecule has 1 aliphatic carbocycles. The first-order valence-electron chi connectivity index (χ1n) is 7.15. The molecule has 1 heterocycles. The zero-order chi connectivity index (χ0) is 13.2. The fourth-order valence-corrected chi connectivity index (χ4v) is 3.45. The maximum Gasteiger partial charge on any atom is 0.325 e. The Morgan fingerprint density at radius 2 is 2.06 bits per heavy atom. The number of nitrogens with zero attached hydrogens (tertiary/aromatic N) is 1. The number of rotatable bonds is 3. The van der Waals surface area contributed by atoms with Crippen LogP contribution in [0.3, 0.4) is 0 Å². The number of carbonyl (C=O) groups excluding carboxylic acids is 1. The molecule has 2 fully saturated rings. The minimum absolute atomic E-state index is 0.0764. The van der Waals surface area contributed by atoms with Crippen molar-refractivity contribution in [3.8, 4) is 0 Å². The molecule has 2 aliphatic rings. The Bertz CT molecular complexity index is 300. The van der Waals surface area contributed by atoms with Gasteiger partial charge in [-0.15, -0.1) is 0 Å². The normalized spacial score (nSPS) is 37.7. The number of ether oxygens (including phenoxy) is 1. The van der Waals surface area contributed by atoms with E-state index < -0.39 is 5.54 Å². The summed E-state index contributed by atoms with van der Waals surface area (Å²) in [6.07, 6.45) is 6.69. The second-order valence-electron chi connectivity index (χ2n) is 6.10. The molecule has 0 aromatic heterocycles. The first kappa shape index (κ1) is 13.8. The van der Waals surface area contributed by atoms with Crippen molar-refractivity contribution in [2.45, 2.75) is 57.0 Å². The van der Waals surface area contributed by atoms with Gasteiger partial charge in [-0.05, 0) is 57.9 Å². The van der Waals surface area contributed by atoms with Gasteiger partial charge in [0.15, 0.2) is 0 Å².